The Labute approximate surface area is 125 Å². The van der Waals surface area contributed by atoms with Crippen molar-refractivity contribution in [1.29, 1.82) is 0 Å². The topological polar surface area (TPSA) is 78.4 Å². The molecule has 2 amide bonds. The third kappa shape index (κ3) is 2.01. The van der Waals surface area contributed by atoms with E-state index in [0.717, 1.165) is 0 Å². The maximum absolute atomic E-state index is 12.2. The van der Waals surface area contributed by atoms with E-state index in [0.29, 0.717) is 35.0 Å². The molecule has 20 heavy (non-hydrogen) atoms. The Kier molecular flexibility index (Phi) is 2.88. The zero-order chi connectivity index (χ0) is 14.5. The van der Waals surface area contributed by atoms with Gasteiger partial charge in [0.2, 0.25) is 5.91 Å². The van der Waals surface area contributed by atoms with Gasteiger partial charge >= 0.3 is 6.09 Å². The van der Waals surface area contributed by atoms with Gasteiger partial charge in [-0.05, 0) is 37.5 Å². The van der Waals surface area contributed by atoms with Gasteiger partial charge in [-0.15, -0.1) is 0 Å². The second-order valence-electron chi connectivity index (χ2n) is 5.60. The first-order valence-corrected chi connectivity index (χ1v) is 6.88. The highest BCUT2D eigenvalue weighted by atomic mass is 35.5. The zero-order valence-corrected chi connectivity index (χ0v) is 11.9. The van der Waals surface area contributed by atoms with Crippen molar-refractivity contribution in [3.05, 3.63) is 28.2 Å². The fourth-order valence-corrected chi connectivity index (χ4v) is 3.52. The first-order chi connectivity index (χ1) is 9.34. The van der Waals surface area contributed by atoms with Gasteiger partial charge in [-0.25, -0.2) is 4.79 Å². The fraction of sp³-hybridized carbons (Fsp3) is 0.385. The number of hydrogen-bond acceptors (Lipinski definition) is 2. The van der Waals surface area contributed by atoms with Gasteiger partial charge in [-0.3, -0.25) is 4.79 Å². The quantitative estimate of drug-likeness (QED) is 0.802. The SMILES string of the molecule is O=C(O)NC12CC(C(=O)Nc3ccc(Cl)c(Cl)c3)(C1)C2. The van der Waals surface area contributed by atoms with E-state index >= 15 is 0 Å². The van der Waals surface area contributed by atoms with E-state index in [4.69, 9.17) is 28.3 Å². The van der Waals surface area contributed by atoms with Crippen LogP contribution in [0.4, 0.5) is 10.5 Å². The Morgan fingerprint density at radius 2 is 1.80 bits per heavy atom. The van der Waals surface area contributed by atoms with Crippen LogP contribution in [0.15, 0.2) is 18.2 Å². The molecule has 0 spiro atoms. The van der Waals surface area contributed by atoms with E-state index in [1.165, 1.54) is 0 Å². The lowest BCUT2D eigenvalue weighted by Crippen LogP contribution is -2.77. The molecule has 3 N–H and O–H groups in total. The van der Waals surface area contributed by atoms with Crippen molar-refractivity contribution in [2.45, 2.75) is 24.8 Å². The number of carbonyl (C=O) groups is 2. The molecule has 3 aliphatic carbocycles. The number of anilines is 1. The molecule has 3 saturated carbocycles. The number of halogens is 2. The molecule has 5 nitrogen and oxygen atoms in total. The lowest BCUT2D eigenvalue weighted by atomic mass is 9.39. The number of amides is 2. The van der Waals surface area contributed by atoms with Crippen molar-refractivity contribution < 1.29 is 14.7 Å². The summed E-state index contributed by atoms with van der Waals surface area (Å²) in [4.78, 5) is 22.8. The second-order valence-corrected chi connectivity index (χ2v) is 6.42. The molecular weight excluding hydrogens is 303 g/mol. The van der Waals surface area contributed by atoms with E-state index < -0.39 is 11.5 Å². The minimum absolute atomic E-state index is 0.0926. The molecule has 0 heterocycles. The maximum Gasteiger partial charge on any atom is 0.405 e. The molecule has 3 aliphatic rings. The first kappa shape index (κ1) is 13.5. The summed E-state index contributed by atoms with van der Waals surface area (Å²) in [5, 5.41) is 14.8. The highest BCUT2D eigenvalue weighted by molar-refractivity contribution is 6.42. The fourth-order valence-electron chi connectivity index (χ4n) is 3.23. The van der Waals surface area contributed by atoms with Gasteiger partial charge in [0, 0.05) is 11.2 Å². The van der Waals surface area contributed by atoms with Gasteiger partial charge in [0.25, 0.3) is 0 Å². The van der Waals surface area contributed by atoms with E-state index in [1.54, 1.807) is 18.2 Å². The highest BCUT2D eigenvalue weighted by Gasteiger charge is 2.72. The molecule has 0 aliphatic heterocycles. The van der Waals surface area contributed by atoms with Crippen LogP contribution in [0, 0.1) is 5.41 Å². The highest BCUT2D eigenvalue weighted by Crippen LogP contribution is 2.67. The molecule has 1 aromatic carbocycles. The molecule has 0 radical (unpaired) electrons. The second kappa shape index (κ2) is 4.27. The summed E-state index contributed by atoms with van der Waals surface area (Å²) in [5.41, 5.74) is -0.232. The number of benzene rings is 1. The Morgan fingerprint density at radius 3 is 2.35 bits per heavy atom. The molecule has 0 aromatic heterocycles. The summed E-state index contributed by atoms with van der Waals surface area (Å²) >= 11 is 11.7. The van der Waals surface area contributed by atoms with Gasteiger partial charge < -0.3 is 15.7 Å². The zero-order valence-electron chi connectivity index (χ0n) is 10.4. The first-order valence-electron chi connectivity index (χ1n) is 6.12. The molecule has 0 saturated heterocycles. The van der Waals surface area contributed by atoms with Crippen LogP contribution >= 0.6 is 23.2 Å². The van der Waals surface area contributed by atoms with Crippen LogP contribution in [0.2, 0.25) is 10.0 Å². The van der Waals surface area contributed by atoms with Crippen LogP contribution in [0.3, 0.4) is 0 Å². The average molecular weight is 315 g/mol. The van der Waals surface area contributed by atoms with Crippen molar-refractivity contribution in [3.63, 3.8) is 0 Å². The van der Waals surface area contributed by atoms with Gasteiger partial charge in [-0.2, -0.15) is 0 Å². The predicted molar refractivity (Wildman–Crippen MR) is 75.3 cm³/mol. The summed E-state index contributed by atoms with van der Waals surface area (Å²) in [6.45, 7) is 0. The van der Waals surface area contributed by atoms with Crippen molar-refractivity contribution >= 4 is 40.9 Å². The Hall–Kier alpha value is -1.46. The van der Waals surface area contributed by atoms with Crippen molar-refractivity contribution in [1.82, 2.24) is 5.32 Å². The molecule has 0 unspecified atom stereocenters. The largest absolute Gasteiger partial charge is 0.465 e. The third-order valence-corrected chi connectivity index (χ3v) is 4.80. The van der Waals surface area contributed by atoms with Gasteiger partial charge in [0.15, 0.2) is 0 Å². The number of carboxylic acid groups (broad SMARTS) is 1. The minimum Gasteiger partial charge on any atom is -0.465 e. The summed E-state index contributed by atoms with van der Waals surface area (Å²) < 4.78 is 0. The number of nitrogens with one attached hydrogen (secondary N) is 2. The molecule has 0 atom stereocenters. The molecular formula is C13H12Cl2N2O3. The summed E-state index contributed by atoms with van der Waals surface area (Å²) in [6.07, 6.45) is 0.626. The van der Waals surface area contributed by atoms with Gasteiger partial charge in [-0.1, -0.05) is 23.2 Å². The minimum atomic E-state index is -1.04. The normalized spacial score (nSPS) is 29.9. The average Bonchev–Trinajstić information content (AvgIpc) is 2.26. The predicted octanol–water partition coefficient (Wildman–Crippen LogP) is 3.12. The molecule has 1 aromatic rings. The van der Waals surface area contributed by atoms with Crippen LogP contribution in [0.5, 0.6) is 0 Å². The summed E-state index contributed by atoms with van der Waals surface area (Å²) in [7, 11) is 0. The van der Waals surface area contributed by atoms with E-state index in [9.17, 15) is 9.59 Å². The Bertz CT molecular complexity index is 598. The Balaban J connectivity index is 1.62. The van der Waals surface area contributed by atoms with Crippen LogP contribution < -0.4 is 10.6 Å². The van der Waals surface area contributed by atoms with Crippen LogP contribution in [-0.2, 0) is 4.79 Å². The van der Waals surface area contributed by atoms with Crippen molar-refractivity contribution in [3.8, 4) is 0 Å². The molecule has 2 bridgehead atoms. The van der Waals surface area contributed by atoms with Gasteiger partial charge in [0.1, 0.15) is 0 Å². The molecule has 106 valence electrons. The lowest BCUT2D eigenvalue weighted by Gasteiger charge is -2.68. The number of carbonyl (C=O) groups excluding carboxylic acids is 1. The maximum atomic E-state index is 12.2. The van der Waals surface area contributed by atoms with Crippen LogP contribution in [0.25, 0.3) is 0 Å². The standard InChI is InChI=1S/C13H12Cl2N2O3/c14-8-2-1-7(3-9(8)15)16-10(18)12-4-13(5-12,6-12)17-11(19)20/h1-3,17H,4-6H2,(H,16,18)(H,19,20). The van der Waals surface area contributed by atoms with Crippen LogP contribution in [0.1, 0.15) is 19.3 Å². The lowest BCUT2D eigenvalue weighted by molar-refractivity contribution is -0.173. The monoisotopic (exact) mass is 314 g/mol. The van der Waals surface area contributed by atoms with Crippen molar-refractivity contribution in [2.75, 3.05) is 5.32 Å². The van der Waals surface area contributed by atoms with Crippen LogP contribution in [-0.4, -0.2) is 22.6 Å². The van der Waals surface area contributed by atoms with Gasteiger partial charge in [0.05, 0.1) is 15.5 Å². The van der Waals surface area contributed by atoms with E-state index in [2.05, 4.69) is 10.6 Å². The smallest absolute Gasteiger partial charge is 0.405 e. The number of rotatable bonds is 3. The summed E-state index contributed by atoms with van der Waals surface area (Å²) in [6, 6.07) is 4.90. The van der Waals surface area contributed by atoms with E-state index in [1.807, 2.05) is 0 Å². The Morgan fingerprint density at radius 1 is 1.15 bits per heavy atom. The summed E-state index contributed by atoms with van der Waals surface area (Å²) in [5.74, 6) is -0.0926. The van der Waals surface area contributed by atoms with Crippen molar-refractivity contribution in [2.24, 2.45) is 5.41 Å². The molecule has 7 heteroatoms. The molecule has 4 rings (SSSR count). The third-order valence-electron chi connectivity index (χ3n) is 4.06. The molecule has 3 fully saturated rings. The number of hydrogen-bond donors (Lipinski definition) is 3. The van der Waals surface area contributed by atoms with E-state index in [-0.39, 0.29) is 11.4 Å².